The molecule has 138 valence electrons. The Hall–Kier alpha value is -1.21. The van der Waals surface area contributed by atoms with Crippen molar-refractivity contribution in [1.82, 2.24) is 9.78 Å². The van der Waals surface area contributed by atoms with E-state index < -0.39 is 11.7 Å². The molecule has 4 nitrogen and oxygen atoms in total. The highest BCUT2D eigenvalue weighted by Gasteiger charge is 2.32. The minimum atomic E-state index is -4.58. The van der Waals surface area contributed by atoms with Gasteiger partial charge in [0.1, 0.15) is 11.8 Å². The zero-order chi connectivity index (χ0) is 19.5. The number of halogens is 7. The van der Waals surface area contributed by atoms with Crippen LogP contribution in [0.5, 0.6) is 0 Å². The van der Waals surface area contributed by atoms with Gasteiger partial charge in [0.15, 0.2) is 10.7 Å². The summed E-state index contributed by atoms with van der Waals surface area (Å²) in [6, 6.07) is 3.39. The van der Waals surface area contributed by atoms with Gasteiger partial charge >= 0.3 is 6.18 Å². The summed E-state index contributed by atoms with van der Waals surface area (Å²) in [7, 11) is 0. The second kappa shape index (κ2) is 8.65. The van der Waals surface area contributed by atoms with Gasteiger partial charge in [0.05, 0.1) is 27.2 Å². The van der Waals surface area contributed by atoms with E-state index in [2.05, 4.69) is 37.0 Å². The zero-order valence-corrected chi connectivity index (χ0v) is 17.3. The summed E-state index contributed by atoms with van der Waals surface area (Å²) in [6.07, 6.45) is -0.319. The van der Waals surface area contributed by atoms with E-state index in [-0.39, 0.29) is 26.4 Å². The second-order valence-electron chi connectivity index (χ2n) is 4.78. The Morgan fingerprint density at radius 2 is 1.96 bits per heavy atom. The second-order valence-corrected chi connectivity index (χ2v) is 7.26. The van der Waals surface area contributed by atoms with Crippen molar-refractivity contribution in [3.8, 4) is 11.8 Å². The maximum atomic E-state index is 12.8. The topological polar surface area (TPSA) is 50.8 Å². The lowest BCUT2D eigenvalue weighted by molar-refractivity contribution is -0.137. The Morgan fingerprint density at radius 3 is 2.46 bits per heavy atom. The van der Waals surface area contributed by atoms with Crippen LogP contribution in [0.2, 0.25) is 10.0 Å². The van der Waals surface area contributed by atoms with Gasteiger partial charge in [-0.3, -0.25) is 0 Å². The molecule has 1 aromatic heterocycles. The fraction of sp³-hybridized carbons (Fsp3) is 0.200. The van der Waals surface area contributed by atoms with E-state index >= 15 is 0 Å². The lowest BCUT2D eigenvalue weighted by Crippen LogP contribution is -2.07. The first kappa shape index (κ1) is 21.1. The first-order chi connectivity index (χ1) is 12.2. The van der Waals surface area contributed by atoms with E-state index in [1.54, 1.807) is 0 Å². The van der Waals surface area contributed by atoms with Crippen LogP contribution in [0.1, 0.15) is 16.8 Å². The van der Waals surface area contributed by atoms with Crippen molar-refractivity contribution in [1.29, 1.82) is 5.26 Å². The Kier molecular flexibility index (Phi) is 7.02. The molecule has 0 radical (unpaired) electrons. The molecule has 0 aliphatic rings. The molecule has 2 rings (SSSR count). The number of aromatic nitrogens is 2. The van der Waals surface area contributed by atoms with Crippen molar-refractivity contribution in [2.45, 2.75) is 11.2 Å². The lowest BCUT2D eigenvalue weighted by atomic mass is 10.2. The fourth-order valence-corrected chi connectivity index (χ4v) is 2.83. The standard InChI is InChI=1S/C15H8Br2Cl2F3N3O/c16-5-13(17)26-2-1-8-7-25(24-12(8)6-23)14-10(18)3-9(4-11(14)19)15(20,21)22/h1-4,7,13H,5H2/b2-1+. The summed E-state index contributed by atoms with van der Waals surface area (Å²) in [5, 5.41) is 13.0. The van der Waals surface area contributed by atoms with Gasteiger partial charge in [0.2, 0.25) is 0 Å². The van der Waals surface area contributed by atoms with Gasteiger partial charge in [-0.25, -0.2) is 4.68 Å². The quantitative estimate of drug-likeness (QED) is 0.341. The predicted molar refractivity (Wildman–Crippen MR) is 99.9 cm³/mol. The van der Waals surface area contributed by atoms with Gasteiger partial charge in [0.25, 0.3) is 0 Å². The van der Waals surface area contributed by atoms with Crippen LogP contribution in [-0.2, 0) is 10.9 Å². The maximum absolute atomic E-state index is 12.8. The van der Waals surface area contributed by atoms with Crippen molar-refractivity contribution in [3.05, 3.63) is 51.5 Å². The highest BCUT2D eigenvalue weighted by Crippen LogP contribution is 2.37. The smallest absolute Gasteiger partial charge is 0.416 e. The molecule has 0 aliphatic heterocycles. The van der Waals surface area contributed by atoms with Crippen molar-refractivity contribution in [2.24, 2.45) is 0 Å². The van der Waals surface area contributed by atoms with Crippen LogP contribution in [0.3, 0.4) is 0 Å². The van der Waals surface area contributed by atoms with Gasteiger partial charge in [-0.1, -0.05) is 39.1 Å². The Bertz CT molecular complexity index is 855. The molecular weight excluding hydrogens is 526 g/mol. The summed E-state index contributed by atoms with van der Waals surface area (Å²) < 4.78 is 44.9. The van der Waals surface area contributed by atoms with Crippen LogP contribution in [0.15, 0.2) is 24.6 Å². The average Bonchev–Trinajstić information content (AvgIpc) is 2.95. The van der Waals surface area contributed by atoms with Crippen molar-refractivity contribution in [2.75, 3.05) is 5.33 Å². The molecule has 11 heteroatoms. The van der Waals surface area contributed by atoms with Gasteiger partial charge in [-0.15, -0.1) is 0 Å². The number of hydrogen-bond donors (Lipinski definition) is 0. The number of ether oxygens (including phenoxy) is 1. The molecule has 1 aromatic carbocycles. The molecule has 1 atom stereocenters. The average molecular weight is 534 g/mol. The molecule has 0 aliphatic carbocycles. The predicted octanol–water partition coefficient (Wildman–Crippen LogP) is 6.17. The van der Waals surface area contributed by atoms with Crippen LogP contribution in [0.25, 0.3) is 11.8 Å². The van der Waals surface area contributed by atoms with Gasteiger partial charge < -0.3 is 4.74 Å². The third-order valence-corrected chi connectivity index (χ3v) is 5.59. The maximum Gasteiger partial charge on any atom is 0.416 e. The number of alkyl halides is 5. The number of benzene rings is 1. The molecule has 0 fully saturated rings. The van der Waals surface area contributed by atoms with Gasteiger partial charge in [-0.05, 0) is 34.1 Å². The molecule has 0 bridgehead atoms. The van der Waals surface area contributed by atoms with Crippen LogP contribution < -0.4 is 0 Å². The summed E-state index contributed by atoms with van der Waals surface area (Å²) in [4.78, 5) is 0. The normalized spacial score (nSPS) is 13.0. The zero-order valence-electron chi connectivity index (χ0n) is 12.6. The minimum Gasteiger partial charge on any atom is -0.486 e. The molecule has 26 heavy (non-hydrogen) atoms. The van der Waals surface area contributed by atoms with Crippen molar-refractivity contribution in [3.63, 3.8) is 0 Å². The van der Waals surface area contributed by atoms with Crippen LogP contribution in [0, 0.1) is 11.3 Å². The van der Waals surface area contributed by atoms with Crippen LogP contribution >= 0.6 is 55.1 Å². The van der Waals surface area contributed by atoms with Crippen LogP contribution in [0.4, 0.5) is 13.2 Å². The molecule has 0 amide bonds. The lowest BCUT2D eigenvalue weighted by Gasteiger charge is -2.12. The number of nitrogens with zero attached hydrogens (tertiary/aromatic N) is 3. The highest BCUT2D eigenvalue weighted by molar-refractivity contribution is 9.12. The summed E-state index contributed by atoms with van der Waals surface area (Å²) in [5.41, 5.74) is -0.525. The molecule has 1 heterocycles. The van der Waals surface area contributed by atoms with E-state index in [0.717, 1.165) is 16.8 Å². The third kappa shape index (κ3) is 4.94. The first-order valence-corrected chi connectivity index (χ1v) is 9.55. The van der Waals surface area contributed by atoms with Crippen LogP contribution in [-0.4, -0.2) is 20.1 Å². The highest BCUT2D eigenvalue weighted by atomic mass is 79.9. The summed E-state index contributed by atoms with van der Waals surface area (Å²) >= 11 is 18.4. The first-order valence-electron chi connectivity index (χ1n) is 6.75. The molecule has 0 saturated carbocycles. The van der Waals surface area contributed by atoms with E-state index in [1.807, 2.05) is 6.07 Å². The minimum absolute atomic E-state index is 0.0295. The Morgan fingerprint density at radius 1 is 1.35 bits per heavy atom. The van der Waals surface area contributed by atoms with Gasteiger partial charge in [0, 0.05) is 11.8 Å². The third-order valence-electron chi connectivity index (χ3n) is 3.02. The van der Waals surface area contributed by atoms with E-state index in [9.17, 15) is 18.4 Å². The molecule has 0 N–H and O–H groups in total. The van der Waals surface area contributed by atoms with Gasteiger partial charge in [-0.2, -0.15) is 23.5 Å². The monoisotopic (exact) mass is 531 g/mol. The summed E-state index contributed by atoms with van der Waals surface area (Å²) in [6.45, 7) is 0. The Balaban J connectivity index is 2.43. The van der Waals surface area contributed by atoms with Crippen molar-refractivity contribution < 1.29 is 17.9 Å². The van der Waals surface area contributed by atoms with E-state index in [0.29, 0.717) is 10.9 Å². The SMILES string of the molecule is N#Cc1nn(-c2c(Cl)cc(C(F)(F)F)cc2Cl)cc1/C=C/OC(Br)CBr. The molecule has 0 spiro atoms. The number of hydrogen-bond acceptors (Lipinski definition) is 3. The summed E-state index contributed by atoms with van der Waals surface area (Å²) in [5.74, 6) is 0. The number of rotatable bonds is 5. The fourth-order valence-electron chi connectivity index (χ4n) is 1.89. The largest absolute Gasteiger partial charge is 0.486 e. The van der Waals surface area contributed by atoms with E-state index in [4.69, 9.17) is 27.9 Å². The number of nitriles is 1. The molecule has 1 unspecified atom stereocenters. The molecule has 2 aromatic rings. The van der Waals surface area contributed by atoms with E-state index in [1.165, 1.54) is 18.5 Å². The molecular formula is C15H8Br2Cl2F3N3O. The molecule has 0 saturated heterocycles. The Labute approximate surface area is 173 Å². The van der Waals surface area contributed by atoms with Crippen molar-refractivity contribution >= 4 is 61.1 Å².